The van der Waals surface area contributed by atoms with Crippen LogP contribution in [0.15, 0.2) is 133 Å². The fraction of sp³-hybridized carbons (Fsp3) is 0.216. The third kappa shape index (κ3) is 4.74. The van der Waals surface area contributed by atoms with Gasteiger partial charge in [-0.25, -0.2) is 0 Å². The predicted molar refractivity (Wildman–Crippen MR) is 237 cm³/mol. The van der Waals surface area contributed by atoms with Gasteiger partial charge in [0.15, 0.2) is 0 Å². The fourth-order valence-corrected chi connectivity index (χ4v) is 11.9. The first-order valence-corrected chi connectivity index (χ1v) is 20.9. The van der Waals surface area contributed by atoms with Gasteiger partial charge in [-0.15, -0.1) is 0 Å². The van der Waals surface area contributed by atoms with Gasteiger partial charge >= 0.3 is 0 Å². The lowest BCUT2D eigenvalue weighted by molar-refractivity contribution is 0.590. The van der Waals surface area contributed by atoms with Crippen LogP contribution in [0.5, 0.6) is 0 Å². The van der Waals surface area contributed by atoms with Crippen molar-refractivity contribution >= 4 is 67.9 Å². The molecular formula is C51H45BN2S. The van der Waals surface area contributed by atoms with E-state index >= 15 is 0 Å². The highest BCUT2D eigenvalue weighted by molar-refractivity contribution is 7.29. The molecule has 3 heterocycles. The lowest BCUT2D eigenvalue weighted by atomic mass is 9.36. The van der Waals surface area contributed by atoms with Crippen LogP contribution in [0.1, 0.15) is 74.6 Å². The van der Waals surface area contributed by atoms with Crippen molar-refractivity contribution in [1.82, 2.24) is 0 Å². The molecule has 6 aromatic carbocycles. The molecular weight excluding hydrogens is 683 g/mol. The molecule has 268 valence electrons. The summed E-state index contributed by atoms with van der Waals surface area (Å²) in [6, 6.07) is 50.7. The van der Waals surface area contributed by atoms with E-state index in [2.05, 4.69) is 189 Å². The molecule has 7 aromatic rings. The number of hydrogen-bond donors (Lipinski definition) is 0. The highest BCUT2D eigenvalue weighted by Gasteiger charge is 2.47. The average molecular weight is 729 g/mol. The van der Waals surface area contributed by atoms with Gasteiger partial charge in [0.25, 0.3) is 6.71 Å². The van der Waals surface area contributed by atoms with Gasteiger partial charge in [-0.1, -0.05) is 126 Å². The molecule has 0 atom stereocenters. The number of aryl methyl sites for hydroxylation is 1. The molecule has 0 saturated carbocycles. The number of para-hydroxylation sites is 2. The van der Waals surface area contributed by atoms with Crippen molar-refractivity contribution in [2.75, 3.05) is 9.80 Å². The summed E-state index contributed by atoms with van der Waals surface area (Å²) in [6.07, 6.45) is 4.86. The van der Waals surface area contributed by atoms with E-state index in [4.69, 9.17) is 0 Å². The fourth-order valence-electron chi connectivity index (χ4n) is 10.3. The third-order valence-electron chi connectivity index (χ3n) is 12.9. The molecule has 0 unspecified atom stereocenters. The van der Waals surface area contributed by atoms with E-state index in [1.807, 2.05) is 0 Å². The quantitative estimate of drug-likeness (QED) is 0.167. The molecule has 1 aromatic heterocycles. The molecule has 11 rings (SSSR count). The Morgan fingerprint density at radius 2 is 1.25 bits per heavy atom. The van der Waals surface area contributed by atoms with Crippen LogP contribution in [0, 0.1) is 0 Å². The van der Waals surface area contributed by atoms with Gasteiger partial charge in [0.2, 0.25) is 0 Å². The maximum absolute atomic E-state index is 2.65. The Bertz CT molecular complexity index is 2680. The Morgan fingerprint density at radius 3 is 2.00 bits per heavy atom. The number of fused-ring (bicyclic) bond motifs is 9. The van der Waals surface area contributed by atoms with Gasteiger partial charge in [-0.3, -0.25) is 0 Å². The molecule has 0 radical (unpaired) electrons. The first-order valence-electron chi connectivity index (χ1n) is 20.1. The number of thiophene rings is 1. The molecule has 2 nitrogen and oxygen atoms in total. The summed E-state index contributed by atoms with van der Waals surface area (Å²) in [4.78, 5) is 6.83. The molecule has 4 heteroatoms. The van der Waals surface area contributed by atoms with Crippen molar-refractivity contribution in [2.24, 2.45) is 0 Å². The van der Waals surface area contributed by atoms with Crippen molar-refractivity contribution < 1.29 is 0 Å². The average Bonchev–Trinajstić information content (AvgIpc) is 3.70. The second-order valence-electron chi connectivity index (χ2n) is 17.5. The molecule has 2 aliphatic heterocycles. The smallest absolute Gasteiger partial charge is 0.264 e. The summed E-state index contributed by atoms with van der Waals surface area (Å²) in [5, 5.41) is 0. The predicted octanol–water partition coefficient (Wildman–Crippen LogP) is 12.0. The van der Waals surface area contributed by atoms with Gasteiger partial charge < -0.3 is 9.80 Å². The van der Waals surface area contributed by atoms with Crippen molar-refractivity contribution in [3.8, 4) is 22.3 Å². The number of benzene rings is 6. The third-order valence-corrected chi connectivity index (χ3v) is 14.3. The first kappa shape index (κ1) is 33.1. The highest BCUT2D eigenvalue weighted by Crippen LogP contribution is 2.54. The van der Waals surface area contributed by atoms with Crippen LogP contribution in [0.3, 0.4) is 0 Å². The number of hydrogen-bond acceptors (Lipinski definition) is 3. The molecule has 0 fully saturated rings. The summed E-state index contributed by atoms with van der Waals surface area (Å²) < 4.78 is 1.51. The van der Waals surface area contributed by atoms with Crippen molar-refractivity contribution in [3.05, 3.63) is 161 Å². The van der Waals surface area contributed by atoms with Crippen LogP contribution < -0.4 is 25.5 Å². The lowest BCUT2D eigenvalue weighted by Crippen LogP contribution is -2.60. The van der Waals surface area contributed by atoms with Crippen LogP contribution in [-0.2, 0) is 23.7 Å². The molecule has 2 aliphatic carbocycles. The van der Waals surface area contributed by atoms with Crippen molar-refractivity contribution in [2.45, 2.75) is 71.1 Å². The zero-order valence-corrected chi connectivity index (χ0v) is 33.2. The maximum Gasteiger partial charge on any atom is 0.264 e. The van der Waals surface area contributed by atoms with Gasteiger partial charge in [-0.2, -0.15) is 11.3 Å². The summed E-state index contributed by atoms with van der Waals surface area (Å²) in [5.41, 5.74) is 21.6. The minimum absolute atomic E-state index is 0.0482. The number of rotatable bonds is 3. The summed E-state index contributed by atoms with van der Waals surface area (Å²) in [5.74, 6) is 0. The minimum atomic E-state index is -0.101. The molecule has 0 amide bonds. The van der Waals surface area contributed by atoms with Crippen molar-refractivity contribution in [3.63, 3.8) is 0 Å². The molecule has 55 heavy (non-hydrogen) atoms. The highest BCUT2D eigenvalue weighted by atomic mass is 32.1. The van der Waals surface area contributed by atoms with Gasteiger partial charge in [0.1, 0.15) is 0 Å². The second-order valence-corrected chi connectivity index (χ2v) is 18.7. The zero-order valence-electron chi connectivity index (χ0n) is 32.4. The molecule has 0 saturated heterocycles. The van der Waals surface area contributed by atoms with Crippen LogP contribution in [-0.4, -0.2) is 6.71 Å². The van der Waals surface area contributed by atoms with Crippen LogP contribution >= 0.6 is 11.3 Å². The van der Waals surface area contributed by atoms with E-state index in [-0.39, 0.29) is 17.5 Å². The lowest BCUT2D eigenvalue weighted by Gasteiger charge is -2.44. The molecule has 0 spiro atoms. The Labute approximate surface area is 330 Å². The number of nitrogens with zero attached hydrogens (tertiary/aromatic N) is 2. The van der Waals surface area contributed by atoms with Crippen LogP contribution in [0.4, 0.5) is 34.1 Å². The minimum Gasteiger partial charge on any atom is -0.311 e. The number of anilines is 6. The van der Waals surface area contributed by atoms with E-state index in [0.29, 0.717) is 0 Å². The summed E-state index contributed by atoms with van der Waals surface area (Å²) in [6.45, 7) is 12.1. The normalized spacial score (nSPS) is 15.8. The van der Waals surface area contributed by atoms with Crippen LogP contribution in [0.25, 0.3) is 22.3 Å². The van der Waals surface area contributed by atoms with Crippen molar-refractivity contribution in [1.29, 1.82) is 0 Å². The van der Waals surface area contributed by atoms with E-state index in [9.17, 15) is 0 Å². The molecule has 0 bridgehead atoms. The zero-order chi connectivity index (χ0) is 37.2. The first-order chi connectivity index (χ1) is 26.7. The Balaban J connectivity index is 1.22. The van der Waals surface area contributed by atoms with Gasteiger partial charge in [-0.05, 0) is 129 Å². The second kappa shape index (κ2) is 11.8. The van der Waals surface area contributed by atoms with Crippen LogP contribution in [0.2, 0.25) is 0 Å². The Hall–Kier alpha value is -5.32. The monoisotopic (exact) mass is 728 g/mol. The molecule has 0 N–H and O–H groups in total. The SMILES string of the molecule is CC(C)(C)c1cc2c3c(c1)N(c1ccccc1)c1c(sc4c1CCCC4)B3c1ccc(-c3cccc4c3C(C)(C)c3ccccc3-4)cc1N2c1ccccc1. The van der Waals surface area contributed by atoms with E-state index in [1.54, 1.807) is 10.4 Å². The van der Waals surface area contributed by atoms with E-state index < -0.39 is 0 Å². The van der Waals surface area contributed by atoms with Gasteiger partial charge in [0.05, 0.1) is 5.69 Å². The largest absolute Gasteiger partial charge is 0.311 e. The van der Waals surface area contributed by atoms with E-state index in [1.165, 1.54) is 108 Å². The summed E-state index contributed by atoms with van der Waals surface area (Å²) >= 11 is 2.09. The van der Waals surface area contributed by atoms with Gasteiger partial charge in [0, 0.05) is 43.5 Å². The van der Waals surface area contributed by atoms with E-state index in [0.717, 1.165) is 6.42 Å². The maximum atomic E-state index is 2.65. The summed E-state index contributed by atoms with van der Waals surface area (Å²) in [7, 11) is 0. The Kier molecular flexibility index (Phi) is 7.12. The Morgan fingerprint density at radius 1 is 0.618 bits per heavy atom. The standard InChI is InChI=1S/C51H45BN2S/c1-50(2,3)33-30-43-47-44(31-33)54(35-19-10-7-11-20-35)48-39-22-13-15-26-45(39)55-49(48)52(47)41-28-27-32(29-42(41)53(43)34-17-8-6-9-18-34)36-23-16-24-38-37-21-12-14-25-40(37)51(4,5)46(36)38/h6-12,14,16-21,23-25,27-31H,13,15,22,26H2,1-5H3. The topological polar surface area (TPSA) is 6.48 Å². The molecule has 4 aliphatic rings.